The Labute approximate surface area is 78.5 Å². The van der Waals surface area contributed by atoms with Gasteiger partial charge in [0.05, 0.1) is 11.9 Å². The normalized spacial score (nSPS) is 11.7. The molecule has 0 radical (unpaired) electrons. The molecule has 0 rings (SSSR count). The van der Waals surface area contributed by atoms with Crippen molar-refractivity contribution in [1.29, 1.82) is 0 Å². The van der Waals surface area contributed by atoms with E-state index in [4.69, 9.17) is 0 Å². The number of nitrogens with one attached hydrogen (secondary N) is 1. The summed E-state index contributed by atoms with van der Waals surface area (Å²) >= 11 is 0. The minimum absolute atomic E-state index is 0.252. The molecule has 0 aromatic rings. The first-order valence-corrected chi connectivity index (χ1v) is 5.59. The molecule has 0 fully saturated rings. The second-order valence-corrected chi connectivity index (χ2v) is 5.04. The molecule has 0 aromatic heterocycles. The van der Waals surface area contributed by atoms with Crippen LogP contribution in [0.25, 0.3) is 0 Å². The molecule has 0 saturated carbocycles. The Morgan fingerprint density at radius 3 is 2.38 bits per heavy atom. The topological polar surface area (TPSA) is 72.5 Å². The maximum absolute atomic E-state index is 11.1. The van der Waals surface area contributed by atoms with Gasteiger partial charge in [-0.1, -0.05) is 0 Å². The SMILES string of the molecule is CCOC(=O)CNS(=O)(=O)C(C)C. The third-order valence-corrected chi connectivity index (χ3v) is 3.13. The van der Waals surface area contributed by atoms with E-state index in [1.165, 1.54) is 13.8 Å². The fourth-order valence-corrected chi connectivity index (χ4v) is 1.19. The third-order valence-electron chi connectivity index (χ3n) is 1.34. The van der Waals surface area contributed by atoms with Crippen LogP contribution in [-0.4, -0.2) is 32.8 Å². The first-order valence-electron chi connectivity index (χ1n) is 4.04. The zero-order chi connectivity index (χ0) is 10.5. The molecule has 0 amide bonds. The van der Waals surface area contributed by atoms with Crippen molar-refractivity contribution in [3.63, 3.8) is 0 Å². The quantitative estimate of drug-likeness (QED) is 0.640. The summed E-state index contributed by atoms with van der Waals surface area (Å²) in [6.07, 6.45) is 0. The van der Waals surface area contributed by atoms with Crippen molar-refractivity contribution in [2.75, 3.05) is 13.2 Å². The summed E-state index contributed by atoms with van der Waals surface area (Å²) in [5, 5.41) is -0.540. The highest BCUT2D eigenvalue weighted by Crippen LogP contribution is 1.94. The van der Waals surface area contributed by atoms with Crippen molar-refractivity contribution in [1.82, 2.24) is 4.72 Å². The van der Waals surface area contributed by atoms with Crippen LogP contribution in [0, 0.1) is 0 Å². The Morgan fingerprint density at radius 2 is 2.00 bits per heavy atom. The van der Waals surface area contributed by atoms with Gasteiger partial charge in [0.25, 0.3) is 0 Å². The molecular formula is C7H15NO4S. The predicted molar refractivity (Wildman–Crippen MR) is 48.7 cm³/mol. The molecule has 0 aliphatic carbocycles. The lowest BCUT2D eigenvalue weighted by Crippen LogP contribution is -2.35. The molecule has 0 atom stereocenters. The standard InChI is InChI=1S/C7H15NO4S/c1-4-12-7(9)5-8-13(10,11)6(2)3/h6,8H,4-5H2,1-3H3. The van der Waals surface area contributed by atoms with Crippen LogP contribution in [0.15, 0.2) is 0 Å². The van der Waals surface area contributed by atoms with Gasteiger partial charge in [0.2, 0.25) is 10.0 Å². The monoisotopic (exact) mass is 209 g/mol. The van der Waals surface area contributed by atoms with Crippen LogP contribution in [0.5, 0.6) is 0 Å². The van der Waals surface area contributed by atoms with Gasteiger partial charge in [-0.3, -0.25) is 4.79 Å². The van der Waals surface area contributed by atoms with Gasteiger partial charge in [0, 0.05) is 0 Å². The van der Waals surface area contributed by atoms with E-state index in [-0.39, 0.29) is 13.2 Å². The number of ether oxygens (including phenoxy) is 1. The molecule has 0 bridgehead atoms. The van der Waals surface area contributed by atoms with Crippen LogP contribution >= 0.6 is 0 Å². The summed E-state index contributed by atoms with van der Waals surface area (Å²) in [5.41, 5.74) is 0. The van der Waals surface area contributed by atoms with Crippen molar-refractivity contribution < 1.29 is 17.9 Å². The van der Waals surface area contributed by atoms with Crippen molar-refractivity contribution in [2.24, 2.45) is 0 Å². The smallest absolute Gasteiger partial charge is 0.320 e. The number of carbonyl (C=O) groups is 1. The second-order valence-electron chi connectivity index (χ2n) is 2.72. The molecule has 0 aliphatic rings. The molecule has 0 unspecified atom stereocenters. The van der Waals surface area contributed by atoms with E-state index in [1.807, 2.05) is 0 Å². The molecule has 6 heteroatoms. The molecule has 0 aliphatic heterocycles. The lowest BCUT2D eigenvalue weighted by atomic mass is 10.6. The first kappa shape index (κ1) is 12.4. The van der Waals surface area contributed by atoms with E-state index in [1.54, 1.807) is 6.92 Å². The highest BCUT2D eigenvalue weighted by atomic mass is 32.2. The van der Waals surface area contributed by atoms with Crippen molar-refractivity contribution in [3.8, 4) is 0 Å². The summed E-state index contributed by atoms with van der Waals surface area (Å²) in [6, 6.07) is 0. The van der Waals surface area contributed by atoms with Crippen molar-refractivity contribution in [2.45, 2.75) is 26.0 Å². The lowest BCUT2D eigenvalue weighted by molar-refractivity contribution is -0.141. The number of esters is 1. The van der Waals surface area contributed by atoms with Gasteiger partial charge in [-0.15, -0.1) is 0 Å². The van der Waals surface area contributed by atoms with E-state index in [0.717, 1.165) is 0 Å². The minimum atomic E-state index is -3.36. The zero-order valence-corrected chi connectivity index (χ0v) is 8.85. The van der Waals surface area contributed by atoms with Crippen molar-refractivity contribution >= 4 is 16.0 Å². The average Bonchev–Trinajstić information content (AvgIpc) is 2.01. The first-order chi connectivity index (χ1) is 5.90. The Balaban J connectivity index is 3.96. The van der Waals surface area contributed by atoms with E-state index in [9.17, 15) is 13.2 Å². The molecule has 0 saturated heterocycles. The highest BCUT2D eigenvalue weighted by molar-refractivity contribution is 7.90. The Bertz CT molecular complexity index is 258. The fraction of sp³-hybridized carbons (Fsp3) is 0.857. The molecule has 0 spiro atoms. The van der Waals surface area contributed by atoms with E-state index >= 15 is 0 Å². The molecule has 13 heavy (non-hydrogen) atoms. The Kier molecular flexibility index (Phi) is 4.94. The van der Waals surface area contributed by atoms with Gasteiger partial charge in [0.15, 0.2) is 0 Å². The fourth-order valence-electron chi connectivity index (χ4n) is 0.538. The molecule has 1 N–H and O–H groups in total. The third kappa shape index (κ3) is 4.84. The maximum atomic E-state index is 11.1. The van der Waals surface area contributed by atoms with Gasteiger partial charge < -0.3 is 4.74 Å². The molecule has 0 heterocycles. The molecule has 5 nitrogen and oxygen atoms in total. The van der Waals surface area contributed by atoms with E-state index in [0.29, 0.717) is 0 Å². The van der Waals surface area contributed by atoms with Gasteiger partial charge in [0.1, 0.15) is 6.54 Å². The van der Waals surface area contributed by atoms with Crippen molar-refractivity contribution in [3.05, 3.63) is 0 Å². The number of sulfonamides is 1. The lowest BCUT2D eigenvalue weighted by Gasteiger charge is -2.08. The molecule has 0 aromatic carbocycles. The number of hydrogen-bond donors (Lipinski definition) is 1. The van der Waals surface area contributed by atoms with Crippen LogP contribution in [0.1, 0.15) is 20.8 Å². The zero-order valence-electron chi connectivity index (χ0n) is 8.03. The minimum Gasteiger partial charge on any atom is -0.465 e. The van der Waals surface area contributed by atoms with E-state index in [2.05, 4.69) is 9.46 Å². The summed E-state index contributed by atoms with van der Waals surface area (Å²) in [6.45, 7) is 4.69. The predicted octanol–water partition coefficient (Wildman–Crippen LogP) is -0.123. The number of rotatable bonds is 5. The van der Waals surface area contributed by atoms with Gasteiger partial charge in [-0.2, -0.15) is 0 Å². The molecule has 78 valence electrons. The number of hydrogen-bond acceptors (Lipinski definition) is 4. The summed E-state index contributed by atoms with van der Waals surface area (Å²) < 4.78 is 28.9. The largest absolute Gasteiger partial charge is 0.465 e. The van der Waals surface area contributed by atoms with Gasteiger partial charge in [-0.25, -0.2) is 13.1 Å². The van der Waals surface area contributed by atoms with Gasteiger partial charge >= 0.3 is 5.97 Å². The summed E-state index contributed by atoms with van der Waals surface area (Å²) in [4.78, 5) is 10.8. The molecular weight excluding hydrogens is 194 g/mol. The van der Waals surface area contributed by atoms with Crippen LogP contribution < -0.4 is 4.72 Å². The maximum Gasteiger partial charge on any atom is 0.320 e. The highest BCUT2D eigenvalue weighted by Gasteiger charge is 2.16. The number of carbonyl (C=O) groups excluding carboxylic acids is 1. The van der Waals surface area contributed by atoms with Crippen LogP contribution in [-0.2, 0) is 19.6 Å². The van der Waals surface area contributed by atoms with Crippen LogP contribution in [0.2, 0.25) is 0 Å². The summed E-state index contributed by atoms with van der Waals surface area (Å²) in [7, 11) is -3.36. The van der Waals surface area contributed by atoms with Gasteiger partial charge in [-0.05, 0) is 20.8 Å². The van der Waals surface area contributed by atoms with Crippen LogP contribution in [0.4, 0.5) is 0 Å². The average molecular weight is 209 g/mol. The van der Waals surface area contributed by atoms with Crippen LogP contribution in [0.3, 0.4) is 0 Å². The Morgan fingerprint density at radius 1 is 1.46 bits per heavy atom. The summed E-state index contributed by atoms with van der Waals surface area (Å²) in [5.74, 6) is -0.563. The Hall–Kier alpha value is -0.620. The van der Waals surface area contributed by atoms with E-state index < -0.39 is 21.2 Å². The second kappa shape index (κ2) is 5.18.